The number of hydrogen-bond donors (Lipinski definition) is 1. The van der Waals surface area contributed by atoms with E-state index in [0.717, 1.165) is 35.2 Å². The minimum atomic E-state index is -0.473. The van der Waals surface area contributed by atoms with Gasteiger partial charge < -0.3 is 19.3 Å². The van der Waals surface area contributed by atoms with E-state index in [9.17, 15) is 4.79 Å². The highest BCUT2D eigenvalue weighted by Crippen LogP contribution is 2.39. The summed E-state index contributed by atoms with van der Waals surface area (Å²) < 4.78 is 16.6. The molecule has 0 saturated carbocycles. The number of unbranched alkanes of at least 4 members (excludes halogenated alkanes) is 1. The number of carbonyl (C=O) groups excluding carboxylic acids is 1. The quantitative estimate of drug-likeness (QED) is 0.522. The van der Waals surface area contributed by atoms with Crippen LogP contribution in [0.25, 0.3) is 17.0 Å². The second kappa shape index (κ2) is 8.78. The van der Waals surface area contributed by atoms with Crippen molar-refractivity contribution in [3.05, 3.63) is 64.6 Å². The maximum absolute atomic E-state index is 12.9. The van der Waals surface area contributed by atoms with Gasteiger partial charge in [-0.2, -0.15) is 4.98 Å². The van der Waals surface area contributed by atoms with E-state index in [0.29, 0.717) is 34.8 Å². The van der Waals surface area contributed by atoms with Gasteiger partial charge in [0.25, 0.3) is 5.89 Å². The second-order valence-electron chi connectivity index (χ2n) is 7.93. The number of carbonyl (C=O) groups is 1. The zero-order valence-electron chi connectivity index (χ0n) is 18.3. The van der Waals surface area contributed by atoms with Crippen molar-refractivity contribution in [2.75, 3.05) is 13.3 Å². The smallest absolute Gasteiger partial charge is 0.322 e. The summed E-state index contributed by atoms with van der Waals surface area (Å²) in [6.45, 7) is 4.79. The summed E-state index contributed by atoms with van der Waals surface area (Å²) in [5, 5.41) is 7.87. The van der Waals surface area contributed by atoms with Gasteiger partial charge in [-0.1, -0.05) is 42.2 Å². The Morgan fingerprint density at radius 2 is 2.03 bits per heavy atom. The SMILES string of the molecule is CCCCN1C(=O)NC(c2cccc(Cl)c2)C(c2nc(-c3ccc4c(c3)OCO4)no2)=C1C. The number of fused-ring (bicyclic) bond motifs is 1. The first-order valence-electron chi connectivity index (χ1n) is 10.8. The van der Waals surface area contributed by atoms with Crippen molar-refractivity contribution < 1.29 is 18.8 Å². The monoisotopic (exact) mass is 466 g/mol. The molecule has 2 aliphatic heterocycles. The van der Waals surface area contributed by atoms with Crippen LogP contribution in [0.15, 0.2) is 52.7 Å². The maximum atomic E-state index is 12.9. The first-order valence-corrected chi connectivity index (χ1v) is 11.2. The largest absolute Gasteiger partial charge is 0.454 e. The van der Waals surface area contributed by atoms with Crippen LogP contribution in [-0.2, 0) is 0 Å². The van der Waals surface area contributed by atoms with Crippen molar-refractivity contribution >= 4 is 23.2 Å². The normalized spacial score (nSPS) is 17.5. The predicted molar refractivity (Wildman–Crippen MR) is 123 cm³/mol. The average molecular weight is 467 g/mol. The van der Waals surface area contributed by atoms with Crippen molar-refractivity contribution in [2.24, 2.45) is 0 Å². The highest BCUT2D eigenvalue weighted by molar-refractivity contribution is 6.30. The van der Waals surface area contributed by atoms with Gasteiger partial charge in [-0.05, 0) is 49.2 Å². The topological polar surface area (TPSA) is 89.7 Å². The third-order valence-electron chi connectivity index (χ3n) is 5.80. The first-order chi connectivity index (χ1) is 16.0. The summed E-state index contributed by atoms with van der Waals surface area (Å²) in [5.74, 6) is 2.09. The van der Waals surface area contributed by atoms with E-state index in [2.05, 4.69) is 22.4 Å². The van der Waals surface area contributed by atoms with Crippen LogP contribution in [0.4, 0.5) is 4.79 Å². The Hall–Kier alpha value is -3.52. The maximum Gasteiger partial charge on any atom is 0.322 e. The summed E-state index contributed by atoms with van der Waals surface area (Å²) >= 11 is 6.25. The van der Waals surface area contributed by atoms with Gasteiger partial charge in [0, 0.05) is 22.8 Å². The van der Waals surface area contributed by atoms with Gasteiger partial charge in [-0.15, -0.1) is 0 Å². The Morgan fingerprint density at radius 3 is 2.85 bits per heavy atom. The third kappa shape index (κ3) is 4.02. The van der Waals surface area contributed by atoms with Crippen molar-refractivity contribution in [3.63, 3.8) is 0 Å². The molecule has 3 heterocycles. The Kier molecular flexibility index (Phi) is 5.68. The number of ether oxygens (including phenoxy) is 2. The molecular weight excluding hydrogens is 444 g/mol. The molecule has 9 heteroatoms. The van der Waals surface area contributed by atoms with Crippen LogP contribution in [0.3, 0.4) is 0 Å². The lowest BCUT2D eigenvalue weighted by atomic mass is 9.94. The van der Waals surface area contributed by atoms with E-state index < -0.39 is 6.04 Å². The molecule has 0 radical (unpaired) electrons. The number of hydrogen-bond acceptors (Lipinski definition) is 6. The Balaban J connectivity index is 1.57. The molecule has 1 N–H and O–H groups in total. The number of aromatic nitrogens is 2. The predicted octanol–water partition coefficient (Wildman–Crippen LogP) is 5.42. The molecule has 0 fully saturated rings. The fourth-order valence-electron chi connectivity index (χ4n) is 4.07. The highest BCUT2D eigenvalue weighted by atomic mass is 35.5. The third-order valence-corrected chi connectivity index (χ3v) is 6.04. The van der Waals surface area contributed by atoms with Gasteiger partial charge >= 0.3 is 6.03 Å². The summed E-state index contributed by atoms with van der Waals surface area (Å²) in [6, 6.07) is 12.3. The molecule has 2 amide bonds. The van der Waals surface area contributed by atoms with Crippen LogP contribution < -0.4 is 14.8 Å². The molecule has 1 aromatic heterocycles. The lowest BCUT2D eigenvalue weighted by Gasteiger charge is -2.35. The summed E-state index contributed by atoms with van der Waals surface area (Å²) in [7, 11) is 0. The van der Waals surface area contributed by atoms with E-state index in [1.807, 2.05) is 43.3 Å². The van der Waals surface area contributed by atoms with Crippen molar-refractivity contribution in [2.45, 2.75) is 32.7 Å². The lowest BCUT2D eigenvalue weighted by Crippen LogP contribution is -2.46. The minimum Gasteiger partial charge on any atom is -0.454 e. The van der Waals surface area contributed by atoms with Gasteiger partial charge in [-0.25, -0.2) is 4.79 Å². The highest BCUT2D eigenvalue weighted by Gasteiger charge is 2.35. The first kappa shape index (κ1) is 21.3. The summed E-state index contributed by atoms with van der Waals surface area (Å²) in [5.41, 5.74) is 3.10. The van der Waals surface area contributed by atoms with Crippen LogP contribution in [0.5, 0.6) is 11.5 Å². The molecule has 2 aromatic carbocycles. The number of nitrogens with zero attached hydrogens (tertiary/aromatic N) is 3. The van der Waals surface area contributed by atoms with Crippen LogP contribution in [0.1, 0.15) is 44.2 Å². The van der Waals surface area contributed by atoms with Crippen LogP contribution in [0.2, 0.25) is 5.02 Å². The van der Waals surface area contributed by atoms with E-state index in [-0.39, 0.29) is 12.8 Å². The molecule has 0 spiro atoms. The van der Waals surface area contributed by atoms with Gasteiger partial charge in [0.05, 0.1) is 11.6 Å². The number of rotatable bonds is 6. The summed E-state index contributed by atoms with van der Waals surface area (Å²) in [4.78, 5) is 19.3. The number of allylic oxidation sites excluding steroid dienone is 1. The van der Waals surface area contributed by atoms with Gasteiger partial charge in [0.1, 0.15) is 0 Å². The Labute approximate surface area is 196 Å². The molecule has 8 nitrogen and oxygen atoms in total. The average Bonchev–Trinajstić information content (AvgIpc) is 3.48. The fourth-order valence-corrected chi connectivity index (χ4v) is 4.26. The number of halogens is 1. The van der Waals surface area contributed by atoms with Crippen molar-refractivity contribution in [3.8, 4) is 22.9 Å². The Morgan fingerprint density at radius 1 is 1.18 bits per heavy atom. The molecular formula is C24H23ClN4O4. The van der Waals surface area contributed by atoms with E-state index in [4.69, 9.17) is 25.6 Å². The van der Waals surface area contributed by atoms with Crippen LogP contribution in [0, 0.1) is 0 Å². The molecule has 170 valence electrons. The number of urea groups is 1. The van der Waals surface area contributed by atoms with E-state index in [1.54, 1.807) is 11.0 Å². The molecule has 1 atom stereocenters. The van der Waals surface area contributed by atoms with E-state index >= 15 is 0 Å². The molecule has 1 unspecified atom stereocenters. The molecule has 0 saturated heterocycles. The zero-order chi connectivity index (χ0) is 22.9. The van der Waals surface area contributed by atoms with Crippen LogP contribution >= 0.6 is 11.6 Å². The van der Waals surface area contributed by atoms with Crippen molar-refractivity contribution in [1.29, 1.82) is 0 Å². The molecule has 0 aliphatic carbocycles. The molecule has 3 aromatic rings. The molecule has 33 heavy (non-hydrogen) atoms. The fraction of sp³-hybridized carbons (Fsp3) is 0.292. The second-order valence-corrected chi connectivity index (χ2v) is 8.37. The van der Waals surface area contributed by atoms with Crippen LogP contribution in [-0.4, -0.2) is 34.4 Å². The lowest BCUT2D eigenvalue weighted by molar-refractivity contribution is 0.174. The number of benzene rings is 2. The molecule has 2 aliphatic rings. The standard InChI is InChI=1S/C24H23ClN4O4/c1-3-4-10-29-14(2)20(21(26-24(29)30)15-6-5-7-17(25)11-15)23-27-22(28-33-23)16-8-9-18-19(12-16)32-13-31-18/h5-9,11-12,21H,3-4,10,13H2,1-2H3,(H,26,30). The number of nitrogens with one attached hydrogen (secondary N) is 1. The van der Waals surface area contributed by atoms with Gasteiger partial charge in [0.15, 0.2) is 11.5 Å². The van der Waals surface area contributed by atoms with E-state index in [1.165, 1.54) is 0 Å². The van der Waals surface area contributed by atoms with Crippen molar-refractivity contribution in [1.82, 2.24) is 20.4 Å². The minimum absolute atomic E-state index is 0.162. The Bertz CT molecular complexity index is 1240. The van der Waals surface area contributed by atoms with Gasteiger partial charge in [-0.3, -0.25) is 4.90 Å². The van der Waals surface area contributed by atoms with Gasteiger partial charge in [0.2, 0.25) is 12.6 Å². The summed E-state index contributed by atoms with van der Waals surface area (Å²) in [6.07, 6.45) is 1.85. The number of amides is 2. The molecule has 5 rings (SSSR count). The molecule has 0 bridgehead atoms. The zero-order valence-corrected chi connectivity index (χ0v) is 19.1.